The molecule has 3 heterocycles. The fourth-order valence-corrected chi connectivity index (χ4v) is 1.97. The molecule has 4 rings (SSSR count). The van der Waals surface area contributed by atoms with Crippen LogP contribution < -0.4 is 0 Å². The number of benzene rings is 1. The summed E-state index contributed by atoms with van der Waals surface area (Å²) in [7, 11) is 0. The molecule has 1 aromatic carbocycles. The zero-order valence-corrected chi connectivity index (χ0v) is 11.5. The fraction of sp³-hybridized carbons (Fsp3) is 0. The lowest BCUT2D eigenvalue weighted by Crippen LogP contribution is -1.86. The van der Waals surface area contributed by atoms with Crippen LogP contribution in [0.5, 0.6) is 0 Å². The number of rotatable bonds is 3. The van der Waals surface area contributed by atoms with E-state index in [2.05, 4.69) is 25.3 Å². The van der Waals surface area contributed by atoms with Crippen molar-refractivity contribution in [3.8, 4) is 34.7 Å². The minimum absolute atomic E-state index is 0.0120. The van der Waals surface area contributed by atoms with E-state index in [0.717, 1.165) is 0 Å². The molecule has 8 heteroatoms. The number of hydrogen-bond donors (Lipinski definition) is 0. The topological polar surface area (TPSA) is 90.7 Å². The SMILES string of the molecule is Fc1ccccc1-c1noc(-c2nc(-c3ccccn3)no2)n1. The zero-order valence-electron chi connectivity index (χ0n) is 11.5. The number of aromatic nitrogens is 5. The lowest BCUT2D eigenvalue weighted by molar-refractivity contribution is 0.383. The van der Waals surface area contributed by atoms with E-state index in [-0.39, 0.29) is 23.2 Å². The predicted molar refractivity (Wildman–Crippen MR) is 76.2 cm³/mol. The first kappa shape index (κ1) is 13.3. The summed E-state index contributed by atoms with van der Waals surface area (Å²) in [6.07, 6.45) is 1.62. The maximum atomic E-state index is 13.7. The fourth-order valence-electron chi connectivity index (χ4n) is 1.97. The van der Waals surface area contributed by atoms with E-state index in [1.807, 2.05) is 0 Å². The molecule has 0 unspecified atom stereocenters. The highest BCUT2D eigenvalue weighted by molar-refractivity contribution is 5.57. The van der Waals surface area contributed by atoms with Gasteiger partial charge in [-0.25, -0.2) is 4.39 Å². The van der Waals surface area contributed by atoms with Gasteiger partial charge >= 0.3 is 11.8 Å². The molecule has 0 saturated heterocycles. The Morgan fingerprint density at radius 3 is 2.22 bits per heavy atom. The van der Waals surface area contributed by atoms with Crippen molar-refractivity contribution < 1.29 is 13.4 Å². The lowest BCUT2D eigenvalue weighted by atomic mass is 10.2. The summed E-state index contributed by atoms with van der Waals surface area (Å²) < 4.78 is 23.9. The monoisotopic (exact) mass is 309 g/mol. The minimum Gasteiger partial charge on any atom is -0.328 e. The largest absolute Gasteiger partial charge is 0.328 e. The van der Waals surface area contributed by atoms with Crippen molar-refractivity contribution in [2.24, 2.45) is 0 Å². The van der Waals surface area contributed by atoms with Gasteiger partial charge in [0, 0.05) is 6.20 Å². The summed E-state index contributed by atoms with van der Waals surface area (Å²) in [6.45, 7) is 0. The van der Waals surface area contributed by atoms with Crippen LogP contribution in [-0.4, -0.2) is 25.3 Å². The van der Waals surface area contributed by atoms with Crippen LogP contribution in [0.2, 0.25) is 0 Å². The Hall–Kier alpha value is -3.42. The second-order valence-corrected chi connectivity index (χ2v) is 4.54. The zero-order chi connectivity index (χ0) is 15.6. The summed E-state index contributed by atoms with van der Waals surface area (Å²) in [5.74, 6) is 0.0140. The maximum Gasteiger partial charge on any atom is 0.316 e. The van der Waals surface area contributed by atoms with Crippen LogP contribution >= 0.6 is 0 Å². The van der Waals surface area contributed by atoms with Crippen LogP contribution in [0.25, 0.3) is 34.7 Å². The number of halogens is 1. The molecular weight excluding hydrogens is 301 g/mol. The third-order valence-electron chi connectivity index (χ3n) is 3.04. The van der Waals surface area contributed by atoms with Gasteiger partial charge in [0.15, 0.2) is 0 Å². The van der Waals surface area contributed by atoms with E-state index >= 15 is 0 Å². The van der Waals surface area contributed by atoms with Crippen LogP contribution in [0.15, 0.2) is 57.7 Å². The highest BCUT2D eigenvalue weighted by atomic mass is 19.1. The Bertz CT molecular complexity index is 951. The molecular formula is C15H8FN5O2. The average molecular weight is 309 g/mol. The number of pyridine rings is 1. The Morgan fingerprint density at radius 1 is 0.783 bits per heavy atom. The van der Waals surface area contributed by atoms with Crippen LogP contribution in [0.1, 0.15) is 0 Å². The average Bonchev–Trinajstić information content (AvgIpc) is 3.25. The van der Waals surface area contributed by atoms with Crippen LogP contribution in [0, 0.1) is 5.82 Å². The summed E-state index contributed by atoms with van der Waals surface area (Å²) in [6, 6.07) is 11.5. The van der Waals surface area contributed by atoms with Crippen molar-refractivity contribution >= 4 is 0 Å². The molecule has 0 radical (unpaired) electrons. The third kappa shape index (κ3) is 2.46. The molecule has 112 valence electrons. The van der Waals surface area contributed by atoms with Gasteiger partial charge in [0.05, 0.1) is 5.56 Å². The van der Waals surface area contributed by atoms with Crippen molar-refractivity contribution in [3.63, 3.8) is 0 Å². The van der Waals surface area contributed by atoms with Gasteiger partial charge in [-0.15, -0.1) is 0 Å². The molecule has 0 aliphatic rings. The Balaban J connectivity index is 1.68. The van der Waals surface area contributed by atoms with E-state index in [0.29, 0.717) is 11.5 Å². The van der Waals surface area contributed by atoms with Crippen LogP contribution in [0.3, 0.4) is 0 Å². The number of nitrogens with zero attached hydrogens (tertiary/aromatic N) is 5. The van der Waals surface area contributed by atoms with Crippen molar-refractivity contribution in [2.75, 3.05) is 0 Å². The minimum atomic E-state index is -0.445. The van der Waals surface area contributed by atoms with Crippen molar-refractivity contribution in [1.29, 1.82) is 0 Å². The van der Waals surface area contributed by atoms with Crippen LogP contribution in [-0.2, 0) is 0 Å². The van der Waals surface area contributed by atoms with Gasteiger partial charge in [-0.05, 0) is 24.3 Å². The molecule has 0 aliphatic heterocycles. The highest BCUT2D eigenvalue weighted by Gasteiger charge is 2.19. The molecule has 0 saturated carbocycles. The van der Waals surface area contributed by atoms with E-state index in [1.54, 1.807) is 42.6 Å². The normalized spacial score (nSPS) is 10.8. The van der Waals surface area contributed by atoms with Gasteiger partial charge in [0.2, 0.25) is 11.6 Å². The van der Waals surface area contributed by atoms with Crippen molar-refractivity contribution in [2.45, 2.75) is 0 Å². The van der Waals surface area contributed by atoms with Crippen LogP contribution in [0.4, 0.5) is 4.39 Å². The maximum absolute atomic E-state index is 13.7. The first-order valence-electron chi connectivity index (χ1n) is 6.65. The molecule has 0 spiro atoms. The molecule has 0 fully saturated rings. The van der Waals surface area contributed by atoms with Crippen molar-refractivity contribution in [3.05, 3.63) is 54.5 Å². The van der Waals surface area contributed by atoms with E-state index < -0.39 is 5.82 Å². The Kier molecular flexibility index (Phi) is 3.12. The summed E-state index contributed by atoms with van der Waals surface area (Å²) in [5, 5.41) is 7.55. The van der Waals surface area contributed by atoms with Gasteiger partial charge in [0.25, 0.3) is 0 Å². The molecule has 4 aromatic rings. The van der Waals surface area contributed by atoms with E-state index in [4.69, 9.17) is 9.05 Å². The Morgan fingerprint density at radius 2 is 1.48 bits per heavy atom. The predicted octanol–water partition coefficient (Wildman–Crippen LogP) is 2.99. The molecule has 23 heavy (non-hydrogen) atoms. The first-order chi connectivity index (χ1) is 11.3. The molecule has 0 atom stereocenters. The molecule has 0 bridgehead atoms. The molecule has 7 nitrogen and oxygen atoms in total. The van der Waals surface area contributed by atoms with E-state index in [9.17, 15) is 4.39 Å². The second-order valence-electron chi connectivity index (χ2n) is 4.54. The second kappa shape index (κ2) is 5.41. The van der Waals surface area contributed by atoms with Crippen molar-refractivity contribution in [1.82, 2.24) is 25.3 Å². The van der Waals surface area contributed by atoms with Gasteiger partial charge < -0.3 is 9.05 Å². The van der Waals surface area contributed by atoms with Gasteiger partial charge in [-0.2, -0.15) is 9.97 Å². The smallest absolute Gasteiger partial charge is 0.316 e. The summed E-state index contributed by atoms with van der Waals surface area (Å²) >= 11 is 0. The molecule has 0 N–H and O–H groups in total. The molecule has 0 aliphatic carbocycles. The number of hydrogen-bond acceptors (Lipinski definition) is 7. The van der Waals surface area contributed by atoms with E-state index in [1.165, 1.54) is 6.07 Å². The molecule has 3 aromatic heterocycles. The first-order valence-corrected chi connectivity index (χ1v) is 6.65. The highest BCUT2D eigenvalue weighted by Crippen LogP contribution is 2.24. The summed E-state index contributed by atoms with van der Waals surface area (Å²) in [4.78, 5) is 12.4. The van der Waals surface area contributed by atoms with Gasteiger partial charge in [-0.3, -0.25) is 4.98 Å². The summed E-state index contributed by atoms with van der Waals surface area (Å²) in [5.41, 5.74) is 0.781. The van der Waals surface area contributed by atoms with Gasteiger partial charge in [0.1, 0.15) is 11.5 Å². The standard InChI is InChI=1S/C15H8FN5O2/c16-10-6-2-1-5-9(10)12-18-14(22-20-12)15-19-13(21-23-15)11-7-3-4-8-17-11/h1-8H. The van der Waals surface area contributed by atoms with Gasteiger partial charge in [-0.1, -0.05) is 28.5 Å². The third-order valence-corrected chi connectivity index (χ3v) is 3.04. The molecule has 0 amide bonds. The lowest BCUT2D eigenvalue weighted by Gasteiger charge is -1.94. The quantitative estimate of drug-likeness (QED) is 0.574. The Labute approximate surface area is 128 Å².